The Morgan fingerprint density at radius 3 is 1.36 bits per heavy atom. The van der Waals surface area contributed by atoms with Gasteiger partial charge in [-0.25, -0.2) is 0 Å². The first-order valence-electron chi connectivity index (χ1n) is 3.48. The maximum Gasteiger partial charge on any atom is 0.300 e. The number of carboxylic acids is 2. The maximum absolute atomic E-state index is 9.00. The number of aliphatic carboxylic acids is 2. The Kier molecular flexibility index (Phi) is 19.0. The Morgan fingerprint density at radius 2 is 1.36 bits per heavy atom. The van der Waals surface area contributed by atoms with E-state index in [2.05, 4.69) is 0 Å². The number of carboxylic acid groups (broad SMARTS) is 2. The van der Waals surface area contributed by atoms with Crippen molar-refractivity contribution in [3.05, 3.63) is 0 Å². The van der Waals surface area contributed by atoms with Crippen molar-refractivity contribution < 1.29 is 30.2 Å². The van der Waals surface area contributed by atoms with Gasteiger partial charge in [-0.1, -0.05) is 5.23 Å². The number of rotatable bonds is 2. The van der Waals surface area contributed by atoms with E-state index >= 15 is 0 Å². The summed E-state index contributed by atoms with van der Waals surface area (Å²) in [6.45, 7) is 2.52. The first kappa shape index (κ1) is 18.5. The molecule has 0 radical (unpaired) electrons. The molecule has 14 heavy (non-hydrogen) atoms. The van der Waals surface area contributed by atoms with Crippen molar-refractivity contribution in [2.24, 2.45) is 5.73 Å². The van der Waals surface area contributed by atoms with Gasteiger partial charge in [0.1, 0.15) is 0 Å². The Hall–Kier alpha value is -1.22. The minimum absolute atomic E-state index is 0.0556. The van der Waals surface area contributed by atoms with Crippen LogP contribution in [0.5, 0.6) is 0 Å². The van der Waals surface area contributed by atoms with Crippen molar-refractivity contribution in [2.75, 3.05) is 13.1 Å². The minimum atomic E-state index is -0.833. The third-order valence-electron chi connectivity index (χ3n) is 0.329. The van der Waals surface area contributed by atoms with Crippen molar-refractivity contribution >= 4 is 11.9 Å². The number of hydroxylamine groups is 2. The lowest BCUT2D eigenvalue weighted by atomic mass is 10.7. The molecule has 0 atom stereocenters. The SMILES string of the molecule is CC(=O)O.CC(=O)O.NCCN(O)O. The van der Waals surface area contributed by atoms with Crippen molar-refractivity contribution in [1.82, 2.24) is 5.23 Å². The maximum atomic E-state index is 9.00. The third-order valence-corrected chi connectivity index (χ3v) is 0.329. The number of nitrogens with two attached hydrogens (primary N) is 1. The lowest BCUT2D eigenvalue weighted by Crippen LogP contribution is -2.22. The predicted molar refractivity (Wildman–Crippen MR) is 46.0 cm³/mol. The van der Waals surface area contributed by atoms with Gasteiger partial charge in [0.2, 0.25) is 0 Å². The predicted octanol–water partition coefficient (Wildman–Crippen LogP) is -0.793. The van der Waals surface area contributed by atoms with E-state index in [1.54, 1.807) is 0 Å². The van der Waals surface area contributed by atoms with Gasteiger partial charge in [-0.15, -0.1) is 0 Å². The molecule has 0 heterocycles. The van der Waals surface area contributed by atoms with Crippen molar-refractivity contribution in [3.63, 3.8) is 0 Å². The molecule has 6 N–H and O–H groups in total. The molecule has 0 fully saturated rings. The van der Waals surface area contributed by atoms with Gasteiger partial charge in [-0.3, -0.25) is 20.0 Å². The van der Waals surface area contributed by atoms with Crippen LogP contribution in [0.25, 0.3) is 0 Å². The van der Waals surface area contributed by atoms with E-state index in [-0.39, 0.29) is 18.3 Å². The molecule has 0 aromatic carbocycles. The summed E-state index contributed by atoms with van der Waals surface area (Å²) in [4.78, 5) is 18.0. The Balaban J connectivity index is -0.000000135. The highest BCUT2D eigenvalue weighted by atomic mass is 16.8. The van der Waals surface area contributed by atoms with Crippen LogP contribution in [-0.2, 0) is 9.59 Å². The highest BCUT2D eigenvalue weighted by Crippen LogP contribution is 1.62. The summed E-state index contributed by atoms with van der Waals surface area (Å²) in [7, 11) is 0. The second kappa shape index (κ2) is 14.3. The lowest BCUT2D eigenvalue weighted by Gasteiger charge is -1.99. The fourth-order valence-corrected chi connectivity index (χ4v) is 0.115. The molecule has 0 rings (SSSR count). The summed E-state index contributed by atoms with van der Waals surface area (Å²) in [5.74, 6) is -1.67. The van der Waals surface area contributed by atoms with Crippen LogP contribution in [0.4, 0.5) is 0 Å². The van der Waals surface area contributed by atoms with Gasteiger partial charge in [-0.05, 0) is 0 Å². The smallest absolute Gasteiger partial charge is 0.300 e. The van der Waals surface area contributed by atoms with Crippen molar-refractivity contribution in [3.8, 4) is 0 Å². The van der Waals surface area contributed by atoms with Crippen LogP contribution < -0.4 is 5.73 Å². The zero-order valence-corrected chi connectivity index (χ0v) is 8.04. The van der Waals surface area contributed by atoms with Gasteiger partial charge in [0.25, 0.3) is 11.9 Å². The zero-order valence-electron chi connectivity index (χ0n) is 8.04. The van der Waals surface area contributed by atoms with E-state index < -0.39 is 11.9 Å². The van der Waals surface area contributed by atoms with Gasteiger partial charge >= 0.3 is 0 Å². The summed E-state index contributed by atoms with van der Waals surface area (Å²) < 4.78 is 0. The molecule has 0 bridgehead atoms. The van der Waals surface area contributed by atoms with Gasteiger partial charge in [0.05, 0.1) is 6.54 Å². The molecule has 86 valence electrons. The van der Waals surface area contributed by atoms with E-state index in [9.17, 15) is 0 Å². The van der Waals surface area contributed by atoms with Gasteiger partial charge in [-0.2, -0.15) is 0 Å². The second-order valence-corrected chi connectivity index (χ2v) is 1.92. The summed E-state index contributed by atoms with van der Waals surface area (Å²) >= 11 is 0. The van der Waals surface area contributed by atoms with Gasteiger partial charge in [0.15, 0.2) is 0 Å². The summed E-state index contributed by atoms with van der Waals surface area (Å²) in [5, 5.41) is 30.6. The van der Waals surface area contributed by atoms with Crippen LogP contribution in [-0.4, -0.2) is 50.9 Å². The topological polar surface area (TPSA) is 144 Å². The molecular formula is C6H16N2O6. The molecule has 0 unspecified atom stereocenters. The standard InChI is InChI=1S/C2H8N2O2.2C2H4O2/c3-1-2-4(5)6;2*1-2(3)4/h5-6H,1-3H2;2*1H3,(H,3,4). The van der Waals surface area contributed by atoms with E-state index in [0.717, 1.165) is 13.8 Å². The first-order valence-corrected chi connectivity index (χ1v) is 3.48. The monoisotopic (exact) mass is 212 g/mol. The molecule has 0 aliphatic heterocycles. The average molecular weight is 212 g/mol. The molecule has 8 heteroatoms. The Labute approximate surface area is 81.1 Å². The van der Waals surface area contributed by atoms with E-state index in [1.807, 2.05) is 0 Å². The quantitative estimate of drug-likeness (QED) is 0.374. The summed E-state index contributed by atoms with van der Waals surface area (Å²) in [6.07, 6.45) is 0. The Morgan fingerprint density at radius 1 is 1.14 bits per heavy atom. The molecule has 0 aliphatic rings. The van der Waals surface area contributed by atoms with Gasteiger partial charge < -0.3 is 15.9 Å². The molecule has 0 spiro atoms. The van der Waals surface area contributed by atoms with Crippen LogP contribution in [0.15, 0.2) is 0 Å². The number of hydrogen-bond donors (Lipinski definition) is 5. The number of nitrogens with zero attached hydrogens (tertiary/aromatic N) is 1. The zero-order chi connectivity index (χ0) is 12.1. The molecular weight excluding hydrogens is 196 g/mol. The number of carbonyl (C=O) groups is 2. The Bertz CT molecular complexity index is 129. The summed E-state index contributed by atoms with van der Waals surface area (Å²) in [6, 6.07) is 0. The van der Waals surface area contributed by atoms with Crippen LogP contribution in [0.2, 0.25) is 0 Å². The minimum Gasteiger partial charge on any atom is -0.481 e. The van der Waals surface area contributed by atoms with E-state index in [0.29, 0.717) is 0 Å². The molecule has 0 aromatic rings. The average Bonchev–Trinajstić information content (AvgIpc) is 1.82. The normalized spacial score (nSPS) is 7.86. The molecule has 8 nitrogen and oxygen atoms in total. The van der Waals surface area contributed by atoms with E-state index in [4.69, 9.17) is 36.0 Å². The second-order valence-electron chi connectivity index (χ2n) is 1.92. The van der Waals surface area contributed by atoms with Crippen LogP contribution in [0, 0.1) is 0 Å². The van der Waals surface area contributed by atoms with E-state index in [1.165, 1.54) is 0 Å². The van der Waals surface area contributed by atoms with Crippen LogP contribution in [0.3, 0.4) is 0 Å². The molecule has 0 saturated heterocycles. The van der Waals surface area contributed by atoms with Crippen molar-refractivity contribution in [2.45, 2.75) is 13.8 Å². The van der Waals surface area contributed by atoms with Gasteiger partial charge in [0, 0.05) is 20.4 Å². The molecule has 0 amide bonds. The first-order chi connectivity index (χ1) is 6.23. The highest BCUT2D eigenvalue weighted by Gasteiger charge is 1.84. The largest absolute Gasteiger partial charge is 0.481 e. The number of hydrogen-bond acceptors (Lipinski definition) is 6. The molecule has 0 aliphatic carbocycles. The van der Waals surface area contributed by atoms with Crippen molar-refractivity contribution in [1.29, 1.82) is 0 Å². The molecule has 0 saturated carbocycles. The fourth-order valence-electron chi connectivity index (χ4n) is 0.115. The molecule has 0 aromatic heterocycles. The fraction of sp³-hybridized carbons (Fsp3) is 0.667. The lowest BCUT2D eigenvalue weighted by molar-refractivity contribution is -0.304. The third kappa shape index (κ3) is 325. The highest BCUT2D eigenvalue weighted by molar-refractivity contribution is 5.63. The summed E-state index contributed by atoms with van der Waals surface area (Å²) in [5.41, 5.74) is 4.87. The van der Waals surface area contributed by atoms with Crippen LogP contribution in [0.1, 0.15) is 13.8 Å². The van der Waals surface area contributed by atoms with Crippen LogP contribution >= 0.6 is 0 Å².